The molecule has 0 aromatic carbocycles. The van der Waals surface area contributed by atoms with Crippen LogP contribution in [-0.4, -0.2) is 57.7 Å². The highest BCUT2D eigenvalue weighted by atomic mass is 79.9. The molecule has 0 radical (unpaired) electrons. The van der Waals surface area contributed by atoms with Gasteiger partial charge in [0.25, 0.3) is 0 Å². The van der Waals surface area contributed by atoms with Crippen LogP contribution in [0.2, 0.25) is 0 Å². The third-order valence-electron chi connectivity index (χ3n) is 6.11. The number of nitrogen functional groups attached to an aromatic ring is 1. The van der Waals surface area contributed by atoms with Crippen molar-refractivity contribution >= 4 is 51.4 Å². The summed E-state index contributed by atoms with van der Waals surface area (Å²) in [6, 6.07) is 1.74. The van der Waals surface area contributed by atoms with E-state index in [-0.39, 0.29) is 0 Å². The molecule has 184 valence electrons. The van der Waals surface area contributed by atoms with Crippen LogP contribution in [0.25, 0.3) is 28.9 Å². The van der Waals surface area contributed by atoms with Crippen LogP contribution in [0.1, 0.15) is 37.4 Å². The van der Waals surface area contributed by atoms with Gasteiger partial charge in [0, 0.05) is 50.1 Å². The predicted octanol–water partition coefficient (Wildman–Crippen LogP) is 4.43. The molecule has 35 heavy (non-hydrogen) atoms. The number of aromatic nitrogens is 4. The number of urea groups is 1. The Morgan fingerprint density at radius 2 is 1.97 bits per heavy atom. The summed E-state index contributed by atoms with van der Waals surface area (Å²) in [5, 5.41) is 4.51. The van der Waals surface area contributed by atoms with Crippen molar-refractivity contribution in [3.8, 4) is 11.1 Å². The second-order valence-corrected chi connectivity index (χ2v) is 9.89. The zero-order valence-corrected chi connectivity index (χ0v) is 21.9. The smallest absolute Gasteiger partial charge is 0.314 e. The summed E-state index contributed by atoms with van der Waals surface area (Å²) in [6.07, 6.45) is 15.5. The Morgan fingerprint density at radius 1 is 1.23 bits per heavy atom. The zero-order valence-electron chi connectivity index (χ0n) is 20.3. The molecule has 1 saturated heterocycles. The second-order valence-electron chi connectivity index (χ2n) is 9.09. The van der Waals surface area contributed by atoms with Gasteiger partial charge < -0.3 is 21.3 Å². The number of halogens is 1. The molecular formula is C25H31BrN8O. The average Bonchev–Trinajstić information content (AvgIpc) is 3.12. The molecular weight excluding hydrogens is 508 g/mol. The lowest BCUT2D eigenvalue weighted by atomic mass is 10.0. The number of hydrogen-bond acceptors (Lipinski definition) is 6. The van der Waals surface area contributed by atoms with Gasteiger partial charge in [-0.15, -0.1) is 0 Å². The molecule has 0 spiro atoms. The maximum absolute atomic E-state index is 9.85. The van der Waals surface area contributed by atoms with Crippen LogP contribution in [0, 0.1) is 5.92 Å². The number of rotatable bonds is 2. The molecule has 2 amide bonds. The van der Waals surface area contributed by atoms with Crippen molar-refractivity contribution in [2.45, 2.75) is 26.2 Å². The maximum atomic E-state index is 9.85. The van der Waals surface area contributed by atoms with Crippen LogP contribution in [0.15, 0.2) is 35.1 Å². The quantitative estimate of drug-likeness (QED) is 0.498. The molecule has 3 aromatic rings. The number of piperidine rings is 1. The van der Waals surface area contributed by atoms with Gasteiger partial charge in [-0.3, -0.25) is 4.98 Å². The topological polar surface area (TPSA) is 119 Å². The van der Waals surface area contributed by atoms with Crippen LogP contribution in [-0.2, 0) is 0 Å². The Kier molecular flexibility index (Phi) is 7.39. The van der Waals surface area contributed by atoms with Gasteiger partial charge in [-0.25, -0.2) is 9.78 Å². The number of allylic oxidation sites excluding steroid dienone is 2. The molecule has 9 nitrogen and oxygen atoms in total. The van der Waals surface area contributed by atoms with E-state index < -0.39 is 6.03 Å². The Labute approximate surface area is 213 Å². The van der Waals surface area contributed by atoms with E-state index in [1.54, 1.807) is 18.6 Å². The molecule has 5 rings (SSSR count). The second kappa shape index (κ2) is 10.5. The van der Waals surface area contributed by atoms with Crippen molar-refractivity contribution in [2.24, 2.45) is 11.7 Å². The fraction of sp³-hybridized carbons (Fsp3) is 0.360. The van der Waals surface area contributed by atoms with E-state index in [2.05, 4.69) is 68.2 Å². The number of anilines is 2. The highest BCUT2D eigenvalue weighted by molar-refractivity contribution is 9.10. The van der Waals surface area contributed by atoms with Crippen LogP contribution >= 0.6 is 15.9 Å². The third-order valence-corrected chi connectivity index (χ3v) is 6.87. The Morgan fingerprint density at radius 3 is 2.69 bits per heavy atom. The van der Waals surface area contributed by atoms with Crippen molar-refractivity contribution in [1.29, 1.82) is 0 Å². The fourth-order valence-electron chi connectivity index (χ4n) is 4.14. The van der Waals surface area contributed by atoms with Crippen molar-refractivity contribution in [3.63, 3.8) is 0 Å². The highest BCUT2D eigenvalue weighted by Crippen LogP contribution is 2.36. The summed E-state index contributed by atoms with van der Waals surface area (Å²) in [5.41, 5.74) is 15.9. The van der Waals surface area contributed by atoms with Gasteiger partial charge in [-0.1, -0.05) is 25.2 Å². The van der Waals surface area contributed by atoms with E-state index in [4.69, 9.17) is 16.5 Å². The minimum Gasteiger partial charge on any atom is -0.383 e. The van der Waals surface area contributed by atoms with Crippen LogP contribution in [0.3, 0.4) is 0 Å². The number of nitrogens with zero attached hydrogens (tertiary/aromatic N) is 6. The van der Waals surface area contributed by atoms with Gasteiger partial charge in [0.15, 0.2) is 5.65 Å². The molecule has 1 fully saturated rings. The molecule has 1 unspecified atom stereocenters. The average molecular weight is 539 g/mol. The summed E-state index contributed by atoms with van der Waals surface area (Å²) < 4.78 is 2.51. The molecule has 10 heteroatoms. The van der Waals surface area contributed by atoms with E-state index in [0.717, 1.165) is 57.8 Å². The summed E-state index contributed by atoms with van der Waals surface area (Å²) in [5.74, 6) is 2.11. The number of pyridine rings is 1. The fourth-order valence-corrected chi connectivity index (χ4v) is 4.65. The van der Waals surface area contributed by atoms with Crippen LogP contribution < -0.4 is 16.4 Å². The normalized spacial score (nSPS) is 16.9. The number of fused-ring (bicyclic) bond motifs is 2. The van der Waals surface area contributed by atoms with E-state index in [0.29, 0.717) is 11.7 Å². The van der Waals surface area contributed by atoms with Gasteiger partial charge in [0.05, 0.1) is 11.9 Å². The first-order valence-electron chi connectivity index (χ1n) is 11.6. The van der Waals surface area contributed by atoms with Crippen molar-refractivity contribution in [3.05, 3.63) is 46.3 Å². The Balaban J connectivity index is 0.000000431. The SMILES string of the molecule is CC1CCCN(c2nc3c(-c4cnc5c(c4)C=CCC=C5)cnn3c(N)c2Br)C1.CN(C)C(N)=O. The first-order chi connectivity index (χ1) is 16.8. The lowest BCUT2D eigenvalue weighted by Gasteiger charge is -2.32. The molecule has 4 N–H and O–H groups in total. The highest BCUT2D eigenvalue weighted by Gasteiger charge is 2.24. The lowest BCUT2D eigenvalue weighted by Crippen LogP contribution is -2.35. The van der Waals surface area contributed by atoms with Gasteiger partial charge in [-0.2, -0.15) is 9.61 Å². The summed E-state index contributed by atoms with van der Waals surface area (Å²) in [6.45, 7) is 4.27. The van der Waals surface area contributed by atoms with Gasteiger partial charge in [0.1, 0.15) is 16.1 Å². The maximum Gasteiger partial charge on any atom is 0.314 e. The number of primary amides is 1. The van der Waals surface area contributed by atoms with Gasteiger partial charge in [-0.05, 0) is 53.3 Å². The van der Waals surface area contributed by atoms with Gasteiger partial charge >= 0.3 is 6.03 Å². The largest absolute Gasteiger partial charge is 0.383 e. The molecule has 1 atom stereocenters. The predicted molar refractivity (Wildman–Crippen MR) is 145 cm³/mol. The van der Waals surface area contributed by atoms with Crippen molar-refractivity contribution in [1.82, 2.24) is 24.5 Å². The zero-order chi connectivity index (χ0) is 25.1. The van der Waals surface area contributed by atoms with E-state index in [1.165, 1.54) is 17.7 Å². The molecule has 1 aliphatic heterocycles. The molecule has 0 saturated carbocycles. The Bertz CT molecular complexity index is 1300. The van der Waals surface area contributed by atoms with E-state index >= 15 is 0 Å². The number of amides is 2. The molecule has 2 aliphatic rings. The monoisotopic (exact) mass is 538 g/mol. The number of hydrogen-bond donors (Lipinski definition) is 2. The molecule has 4 heterocycles. The number of carbonyl (C=O) groups is 1. The van der Waals surface area contributed by atoms with E-state index in [1.807, 2.05) is 12.4 Å². The molecule has 3 aromatic heterocycles. The standard InChI is InChI=1S/C22H23BrN6.C3H8N2O/c1-14-6-5-9-28(13-14)22-19(23)20(24)29-21(27-22)17(12-26-29)16-10-15-7-3-2-4-8-18(15)25-11-16;1-5(2)3(4)6/h3-4,7-8,10-12,14H,2,5-6,9,13,24H2,1H3;1-2H3,(H2,4,6). The Hall–Kier alpha value is -3.40. The number of nitrogens with two attached hydrogens (primary N) is 2. The van der Waals surface area contributed by atoms with Crippen molar-refractivity contribution < 1.29 is 4.79 Å². The summed E-state index contributed by atoms with van der Waals surface area (Å²) in [4.78, 5) is 23.1. The minimum atomic E-state index is -0.407. The van der Waals surface area contributed by atoms with Crippen LogP contribution in [0.5, 0.6) is 0 Å². The van der Waals surface area contributed by atoms with Gasteiger partial charge in [0.2, 0.25) is 0 Å². The minimum absolute atomic E-state index is 0.407. The third kappa shape index (κ3) is 5.32. The number of carbonyl (C=O) groups excluding carboxylic acids is 1. The van der Waals surface area contributed by atoms with E-state index in [9.17, 15) is 4.79 Å². The lowest BCUT2D eigenvalue weighted by molar-refractivity contribution is 0.227. The van der Waals surface area contributed by atoms with Crippen molar-refractivity contribution in [2.75, 3.05) is 37.8 Å². The molecule has 0 bridgehead atoms. The summed E-state index contributed by atoms with van der Waals surface area (Å²) >= 11 is 3.66. The van der Waals surface area contributed by atoms with Crippen LogP contribution in [0.4, 0.5) is 16.4 Å². The molecule has 1 aliphatic carbocycles. The first-order valence-corrected chi connectivity index (χ1v) is 12.4. The first kappa shape index (κ1) is 24.7. The summed E-state index contributed by atoms with van der Waals surface area (Å²) in [7, 11) is 3.20.